The SMILES string of the molecule is CN(C)c1cc([C@@H]2CCCN2C(=O)CCc2ccc(F)cc2)ccn1. The first-order valence-electron chi connectivity index (χ1n) is 8.72. The minimum Gasteiger partial charge on any atom is -0.363 e. The number of likely N-dealkylation sites (tertiary alicyclic amines) is 1. The van der Waals surface area contributed by atoms with Gasteiger partial charge in [-0.2, -0.15) is 0 Å². The van der Waals surface area contributed by atoms with Gasteiger partial charge in [0.25, 0.3) is 0 Å². The van der Waals surface area contributed by atoms with Crippen LogP contribution in [0.15, 0.2) is 42.6 Å². The second kappa shape index (κ2) is 7.64. The number of aromatic nitrogens is 1. The molecule has 0 unspecified atom stereocenters. The van der Waals surface area contributed by atoms with E-state index in [2.05, 4.69) is 11.1 Å². The van der Waals surface area contributed by atoms with Gasteiger partial charge in [0.15, 0.2) is 0 Å². The maximum atomic E-state index is 13.0. The number of carbonyl (C=O) groups is 1. The number of benzene rings is 1. The molecule has 2 aromatic rings. The zero-order chi connectivity index (χ0) is 17.8. The molecule has 1 aromatic carbocycles. The van der Waals surface area contributed by atoms with Crippen LogP contribution < -0.4 is 4.90 Å². The highest BCUT2D eigenvalue weighted by Gasteiger charge is 2.29. The number of carbonyl (C=O) groups excluding carboxylic acids is 1. The van der Waals surface area contributed by atoms with E-state index in [0.29, 0.717) is 12.8 Å². The van der Waals surface area contributed by atoms with Crippen molar-refractivity contribution < 1.29 is 9.18 Å². The van der Waals surface area contributed by atoms with Crippen LogP contribution >= 0.6 is 0 Å². The molecule has 1 aliphatic heterocycles. The van der Waals surface area contributed by atoms with Crippen molar-refractivity contribution in [1.29, 1.82) is 0 Å². The third-order valence-electron chi connectivity index (χ3n) is 4.73. The van der Waals surface area contributed by atoms with Gasteiger partial charge in [-0.3, -0.25) is 4.79 Å². The topological polar surface area (TPSA) is 36.4 Å². The molecule has 0 spiro atoms. The van der Waals surface area contributed by atoms with Crippen LogP contribution in [0.5, 0.6) is 0 Å². The molecule has 4 nitrogen and oxygen atoms in total. The van der Waals surface area contributed by atoms with E-state index >= 15 is 0 Å². The summed E-state index contributed by atoms with van der Waals surface area (Å²) < 4.78 is 13.0. The summed E-state index contributed by atoms with van der Waals surface area (Å²) >= 11 is 0. The number of hydrogen-bond acceptors (Lipinski definition) is 3. The van der Waals surface area contributed by atoms with Crippen LogP contribution in [0.25, 0.3) is 0 Å². The summed E-state index contributed by atoms with van der Waals surface area (Å²) in [7, 11) is 3.93. The van der Waals surface area contributed by atoms with Crippen molar-refractivity contribution in [3.63, 3.8) is 0 Å². The average molecular weight is 341 g/mol. The first-order chi connectivity index (χ1) is 12.0. The number of rotatable bonds is 5. The van der Waals surface area contributed by atoms with E-state index in [-0.39, 0.29) is 17.8 Å². The summed E-state index contributed by atoms with van der Waals surface area (Å²) in [5.74, 6) is 0.821. The minimum absolute atomic E-state index is 0.127. The van der Waals surface area contributed by atoms with E-state index in [1.54, 1.807) is 12.1 Å². The molecule has 2 heterocycles. The monoisotopic (exact) mass is 341 g/mol. The molecule has 1 saturated heterocycles. The molecule has 0 radical (unpaired) electrons. The lowest BCUT2D eigenvalue weighted by atomic mass is 10.0. The Morgan fingerprint density at radius 1 is 1.28 bits per heavy atom. The molecular formula is C20H24FN3O. The highest BCUT2D eigenvalue weighted by Crippen LogP contribution is 2.33. The fourth-order valence-electron chi connectivity index (χ4n) is 3.34. The summed E-state index contributed by atoms with van der Waals surface area (Å²) in [6.45, 7) is 0.798. The van der Waals surface area contributed by atoms with Gasteiger partial charge in [-0.1, -0.05) is 12.1 Å². The molecule has 1 aliphatic rings. The lowest BCUT2D eigenvalue weighted by Crippen LogP contribution is -2.30. The Balaban J connectivity index is 1.67. The molecule has 1 aromatic heterocycles. The summed E-state index contributed by atoms with van der Waals surface area (Å²) in [4.78, 5) is 21.0. The lowest BCUT2D eigenvalue weighted by molar-refractivity contribution is -0.132. The average Bonchev–Trinajstić information content (AvgIpc) is 3.11. The van der Waals surface area contributed by atoms with Crippen molar-refractivity contribution in [2.24, 2.45) is 0 Å². The Kier molecular flexibility index (Phi) is 5.31. The van der Waals surface area contributed by atoms with Crippen molar-refractivity contribution in [1.82, 2.24) is 9.88 Å². The molecule has 0 aliphatic carbocycles. The maximum absolute atomic E-state index is 13.0. The Bertz CT molecular complexity index is 730. The van der Waals surface area contributed by atoms with E-state index in [9.17, 15) is 9.18 Å². The van der Waals surface area contributed by atoms with Gasteiger partial charge in [-0.25, -0.2) is 9.37 Å². The lowest BCUT2D eigenvalue weighted by Gasteiger charge is -2.26. The summed E-state index contributed by atoms with van der Waals surface area (Å²) in [5.41, 5.74) is 2.13. The minimum atomic E-state index is -0.246. The molecule has 1 amide bonds. The van der Waals surface area contributed by atoms with Crippen molar-refractivity contribution >= 4 is 11.7 Å². The quantitative estimate of drug-likeness (QED) is 0.834. The van der Waals surface area contributed by atoms with E-state index in [0.717, 1.165) is 36.3 Å². The molecule has 5 heteroatoms. The zero-order valence-electron chi connectivity index (χ0n) is 14.8. The van der Waals surface area contributed by atoms with Crippen LogP contribution in [-0.4, -0.2) is 36.4 Å². The summed E-state index contributed by atoms with van der Waals surface area (Å²) in [6.07, 6.45) is 4.91. The Hall–Kier alpha value is -2.43. The van der Waals surface area contributed by atoms with Gasteiger partial charge in [-0.05, 0) is 54.7 Å². The zero-order valence-corrected chi connectivity index (χ0v) is 14.8. The van der Waals surface area contributed by atoms with Crippen molar-refractivity contribution in [2.75, 3.05) is 25.5 Å². The number of anilines is 1. The smallest absolute Gasteiger partial charge is 0.223 e. The first kappa shape index (κ1) is 17.4. The van der Waals surface area contributed by atoms with E-state index in [4.69, 9.17) is 0 Å². The fraction of sp³-hybridized carbons (Fsp3) is 0.400. The largest absolute Gasteiger partial charge is 0.363 e. The molecule has 132 valence electrons. The predicted molar refractivity (Wildman–Crippen MR) is 97.0 cm³/mol. The third-order valence-corrected chi connectivity index (χ3v) is 4.73. The number of hydrogen-bond donors (Lipinski definition) is 0. The van der Waals surface area contributed by atoms with Gasteiger partial charge in [-0.15, -0.1) is 0 Å². The second-order valence-electron chi connectivity index (χ2n) is 6.71. The summed E-state index contributed by atoms with van der Waals surface area (Å²) in [6, 6.07) is 10.6. The highest BCUT2D eigenvalue weighted by atomic mass is 19.1. The van der Waals surface area contributed by atoms with Gasteiger partial charge < -0.3 is 9.80 Å². The van der Waals surface area contributed by atoms with Gasteiger partial charge >= 0.3 is 0 Å². The van der Waals surface area contributed by atoms with Gasteiger partial charge in [0.1, 0.15) is 11.6 Å². The van der Waals surface area contributed by atoms with E-state index in [1.807, 2.05) is 36.2 Å². The number of nitrogens with zero attached hydrogens (tertiary/aromatic N) is 3. The van der Waals surface area contributed by atoms with Gasteiger partial charge in [0, 0.05) is 33.3 Å². The van der Waals surface area contributed by atoms with Crippen molar-refractivity contribution in [3.05, 3.63) is 59.5 Å². The third kappa shape index (κ3) is 4.16. The molecule has 25 heavy (non-hydrogen) atoms. The highest BCUT2D eigenvalue weighted by molar-refractivity contribution is 5.77. The van der Waals surface area contributed by atoms with Crippen molar-refractivity contribution in [3.8, 4) is 0 Å². The van der Waals surface area contributed by atoms with Crippen LogP contribution in [-0.2, 0) is 11.2 Å². The molecule has 3 rings (SSSR count). The molecule has 1 fully saturated rings. The molecule has 0 bridgehead atoms. The van der Waals surface area contributed by atoms with Gasteiger partial charge in [0.2, 0.25) is 5.91 Å². The van der Waals surface area contributed by atoms with Gasteiger partial charge in [0.05, 0.1) is 6.04 Å². The van der Waals surface area contributed by atoms with E-state index in [1.165, 1.54) is 12.1 Å². The first-order valence-corrected chi connectivity index (χ1v) is 8.72. The molecule has 0 saturated carbocycles. The molecule has 0 N–H and O–H groups in total. The molecule has 1 atom stereocenters. The van der Waals surface area contributed by atoms with Crippen LogP contribution in [0.3, 0.4) is 0 Å². The van der Waals surface area contributed by atoms with E-state index < -0.39 is 0 Å². The number of amides is 1. The van der Waals surface area contributed by atoms with Crippen molar-refractivity contribution in [2.45, 2.75) is 31.7 Å². The van der Waals surface area contributed by atoms with Crippen LogP contribution in [0.2, 0.25) is 0 Å². The Morgan fingerprint density at radius 2 is 2.04 bits per heavy atom. The molecular weight excluding hydrogens is 317 g/mol. The Morgan fingerprint density at radius 3 is 2.76 bits per heavy atom. The van der Waals surface area contributed by atoms with Crippen LogP contribution in [0, 0.1) is 5.82 Å². The Labute approximate surface area is 148 Å². The van der Waals surface area contributed by atoms with Crippen LogP contribution in [0.1, 0.15) is 36.4 Å². The van der Waals surface area contributed by atoms with Crippen LogP contribution in [0.4, 0.5) is 10.2 Å². The standard InChI is InChI=1S/C20H24FN3O/c1-23(2)19-14-16(11-12-22-19)18-4-3-13-24(18)20(25)10-7-15-5-8-17(21)9-6-15/h5-6,8-9,11-12,14,18H,3-4,7,10,13H2,1-2H3/t18-/m0/s1. The number of halogens is 1. The second-order valence-corrected chi connectivity index (χ2v) is 6.71. The maximum Gasteiger partial charge on any atom is 0.223 e. The number of pyridine rings is 1. The fourth-order valence-corrected chi connectivity index (χ4v) is 3.34. The normalized spacial score (nSPS) is 16.9. The number of aryl methyl sites for hydroxylation is 1. The summed E-state index contributed by atoms with van der Waals surface area (Å²) in [5, 5.41) is 0. The predicted octanol–water partition coefficient (Wildman–Crippen LogP) is 3.58.